The van der Waals surface area contributed by atoms with Crippen LogP contribution in [0.25, 0.3) is 0 Å². The summed E-state index contributed by atoms with van der Waals surface area (Å²) in [5.41, 5.74) is 6.33. The molecule has 292 valence electrons. The summed E-state index contributed by atoms with van der Waals surface area (Å²) in [5, 5.41) is 86.1. The molecule has 0 spiro atoms. The van der Waals surface area contributed by atoms with Crippen LogP contribution in [-0.4, -0.2) is 162 Å². The molecule has 0 radical (unpaired) electrons. The van der Waals surface area contributed by atoms with Gasteiger partial charge in [0.2, 0.25) is 12.1 Å². The Balaban J connectivity index is 2.07. The highest BCUT2D eigenvalue weighted by Crippen LogP contribution is 2.38. The van der Waals surface area contributed by atoms with Crippen molar-refractivity contribution in [2.24, 2.45) is 22.6 Å². The summed E-state index contributed by atoms with van der Waals surface area (Å²) >= 11 is 0. The van der Waals surface area contributed by atoms with Crippen molar-refractivity contribution in [3.63, 3.8) is 0 Å². The second-order valence-corrected chi connectivity index (χ2v) is 11.9. The van der Waals surface area contributed by atoms with Crippen molar-refractivity contribution in [2.75, 3.05) is 60.2 Å². The zero-order valence-electron chi connectivity index (χ0n) is 28.8. The van der Waals surface area contributed by atoms with Gasteiger partial charge in [0.1, 0.15) is 43.3 Å². The van der Waals surface area contributed by atoms with Crippen LogP contribution in [0.3, 0.4) is 0 Å². The van der Waals surface area contributed by atoms with Crippen LogP contribution in [0.4, 0.5) is 0 Å². The van der Waals surface area contributed by atoms with E-state index < -0.39 is 79.9 Å². The lowest BCUT2D eigenvalue weighted by atomic mass is 9.83. The van der Waals surface area contributed by atoms with E-state index in [0.717, 1.165) is 13.4 Å². The Bertz CT molecular complexity index is 1400. The van der Waals surface area contributed by atoms with Gasteiger partial charge in [-0.15, -0.1) is 6.58 Å². The minimum Gasteiger partial charge on any atom is -0.478 e. The van der Waals surface area contributed by atoms with Gasteiger partial charge in [-0.05, 0) is 13.5 Å². The highest BCUT2D eigenvalue weighted by molar-refractivity contribution is 5.92. The topological polar surface area (TPSA) is 309 Å². The molecule has 20 heteroatoms. The van der Waals surface area contributed by atoms with Gasteiger partial charge in [0, 0.05) is 19.1 Å². The molecular weight excluding hydrogens is 694 g/mol. The summed E-state index contributed by atoms with van der Waals surface area (Å²) in [6.07, 6.45) is -2.43. The first kappa shape index (κ1) is 42.6. The van der Waals surface area contributed by atoms with Gasteiger partial charge in [0.15, 0.2) is 18.4 Å². The number of carbonyl (C=O) groups excluding carboxylic acids is 1. The number of aliphatic carboxylic acids is 1. The van der Waals surface area contributed by atoms with E-state index in [1.165, 1.54) is 25.3 Å². The molecule has 3 rings (SSSR count). The Kier molecular flexibility index (Phi) is 16.3. The number of carbonyl (C=O) groups is 2. The minimum atomic E-state index is -3.07. The summed E-state index contributed by atoms with van der Waals surface area (Å²) in [6, 6.07) is 0. The number of guanidine groups is 1. The van der Waals surface area contributed by atoms with Crippen molar-refractivity contribution in [1.82, 2.24) is 10.6 Å². The fourth-order valence-electron chi connectivity index (χ4n) is 5.73. The molecule has 3 aliphatic heterocycles. The molecule has 0 bridgehead atoms. The Morgan fingerprint density at radius 1 is 1.23 bits per heavy atom. The molecule has 0 aromatic carbocycles. The molecule has 0 amide bonds. The van der Waals surface area contributed by atoms with Crippen molar-refractivity contribution in [2.45, 2.75) is 49.3 Å². The molecule has 3 aliphatic rings. The molecule has 3 heterocycles. The number of carboxylic acid groups (broad SMARTS) is 1. The Labute approximate surface area is 299 Å². The number of rotatable bonds is 18. The van der Waals surface area contributed by atoms with E-state index in [2.05, 4.69) is 22.2 Å². The number of aliphatic hydroxyl groups is 7. The van der Waals surface area contributed by atoms with Gasteiger partial charge in [-0.1, -0.05) is 18.2 Å². The summed E-state index contributed by atoms with van der Waals surface area (Å²) in [5.74, 6) is -7.18. The fraction of sp³-hybridized carbons (Fsp3) is 0.594. The predicted molar refractivity (Wildman–Crippen MR) is 178 cm³/mol. The van der Waals surface area contributed by atoms with E-state index in [1.807, 2.05) is 0 Å². The van der Waals surface area contributed by atoms with Crippen molar-refractivity contribution in [1.29, 1.82) is 0 Å². The summed E-state index contributed by atoms with van der Waals surface area (Å²) in [7, 11) is 2.57. The quantitative estimate of drug-likeness (QED) is 0.0156. The van der Waals surface area contributed by atoms with Gasteiger partial charge in [0.25, 0.3) is 0 Å². The van der Waals surface area contributed by atoms with Gasteiger partial charge < -0.3 is 80.5 Å². The number of aliphatic hydroxyl groups excluding tert-OH is 5. The van der Waals surface area contributed by atoms with Crippen LogP contribution in [0, 0.1) is 11.8 Å². The number of ether oxygens (including phenoxy) is 5. The molecule has 0 aliphatic carbocycles. The smallest absolute Gasteiger partial charge is 0.339 e. The van der Waals surface area contributed by atoms with Crippen LogP contribution in [0.2, 0.25) is 0 Å². The Hall–Kier alpha value is -3.77. The zero-order chi connectivity index (χ0) is 38.6. The van der Waals surface area contributed by atoms with Crippen LogP contribution in [-0.2, 0) is 33.3 Å². The van der Waals surface area contributed by atoms with E-state index in [-0.39, 0.29) is 55.7 Å². The molecule has 13 N–H and O–H groups in total. The molecule has 20 nitrogen and oxygen atoms in total. The molecule has 1 saturated heterocycles. The summed E-state index contributed by atoms with van der Waals surface area (Å²) in [6.45, 7) is 2.28. The molecule has 52 heavy (non-hydrogen) atoms. The molecule has 9 atom stereocenters. The number of allylic oxidation sites excluding steroid dienone is 2. The monoisotopic (exact) mass is 744 g/mol. The summed E-state index contributed by atoms with van der Waals surface area (Å²) in [4.78, 5) is 30.1. The molecule has 1 unspecified atom stereocenters. The molecule has 0 saturated carbocycles. The predicted octanol–water partition coefficient (Wildman–Crippen LogP) is -5.53. The van der Waals surface area contributed by atoms with Gasteiger partial charge in [-0.25, -0.2) is 9.59 Å². The first-order valence-corrected chi connectivity index (χ1v) is 16.4. The molecular formula is C32H50N5O15+. The third-order valence-electron chi connectivity index (χ3n) is 8.50. The van der Waals surface area contributed by atoms with Gasteiger partial charge >= 0.3 is 11.9 Å². The normalized spacial score (nSPS) is 29.9. The van der Waals surface area contributed by atoms with Crippen LogP contribution in [0.15, 0.2) is 64.7 Å². The Morgan fingerprint density at radius 2 is 1.96 bits per heavy atom. The van der Waals surface area contributed by atoms with Crippen molar-refractivity contribution in [3.8, 4) is 0 Å². The van der Waals surface area contributed by atoms with E-state index in [4.69, 9.17) is 34.5 Å². The first-order valence-electron chi connectivity index (χ1n) is 16.4. The van der Waals surface area contributed by atoms with Crippen LogP contribution in [0.1, 0.15) is 6.42 Å². The van der Waals surface area contributed by atoms with Crippen LogP contribution >= 0.6 is 0 Å². The number of esters is 1. The van der Waals surface area contributed by atoms with Gasteiger partial charge in [-0.2, -0.15) is 0 Å². The van der Waals surface area contributed by atoms with E-state index in [1.54, 1.807) is 6.20 Å². The third kappa shape index (κ3) is 10.2. The number of nitrogens with zero attached hydrogens (tertiary/aromatic N) is 1. The molecule has 0 aromatic rings. The zero-order valence-corrected chi connectivity index (χ0v) is 28.8. The fourth-order valence-corrected chi connectivity index (χ4v) is 5.73. The largest absolute Gasteiger partial charge is 0.478 e. The van der Waals surface area contributed by atoms with Crippen molar-refractivity contribution < 1.29 is 79.0 Å². The average Bonchev–Trinajstić information content (AvgIpc) is 3.12. The van der Waals surface area contributed by atoms with Gasteiger partial charge in [-0.3, -0.25) is 10.3 Å². The lowest BCUT2D eigenvalue weighted by Crippen LogP contribution is -3.09. The minimum absolute atomic E-state index is 0.0169. The highest BCUT2D eigenvalue weighted by Gasteiger charge is 2.58. The second kappa shape index (κ2) is 19.9. The number of hydrogen-bond acceptors (Lipinski definition) is 16. The highest BCUT2D eigenvalue weighted by atomic mass is 16.8. The first-order chi connectivity index (χ1) is 24.8. The number of carboxylic acids is 1. The van der Waals surface area contributed by atoms with Crippen molar-refractivity contribution >= 4 is 17.9 Å². The molecule has 0 aromatic heterocycles. The number of hydrogen-bond donors (Lipinski definition) is 12. The number of aliphatic imine (C=N–C) groups is 1. The number of likely N-dealkylation sites (N-methyl/N-ethyl adjacent to an activating group) is 1. The molecule has 1 fully saturated rings. The third-order valence-corrected chi connectivity index (χ3v) is 8.50. The number of methoxy groups -OCH3 is 1. The van der Waals surface area contributed by atoms with Crippen LogP contribution < -0.4 is 21.3 Å². The maximum Gasteiger partial charge on any atom is 0.339 e. The van der Waals surface area contributed by atoms with Crippen LogP contribution in [0.5, 0.6) is 0 Å². The maximum absolute atomic E-state index is 13.0. The number of nitrogens with two attached hydrogens (primary N) is 1. The maximum atomic E-state index is 13.0. The Morgan fingerprint density at radius 3 is 2.54 bits per heavy atom. The van der Waals surface area contributed by atoms with E-state index in [0.29, 0.717) is 16.9 Å². The standard InChI is InChI=1S/C32H49N5O15/c1-4-18-19(7-6-17-12-37(9-11-39)13-20(27(43)44)24(17)36-31(33)35-8-5-10-38)21(28(45)48-3)16-49-29(18)52-30-26(51-23(15-41)34-2)32(46,47)25(42)22(14-40)50-30/h4,6-7,12,16,18-19,22-23,25-26,29-30,34,38-42,46-47H,1,5,8-11,13-15H2,2-3H3,(H,43,44)(H3,33,35,36)/p+1/b7-6-/t18-,19+,22-,23-,25-,26+,29+,30+/m1/s1. The summed E-state index contributed by atoms with van der Waals surface area (Å²) < 4.78 is 28.0. The van der Waals surface area contributed by atoms with Crippen molar-refractivity contribution in [3.05, 3.63) is 59.7 Å². The SMILES string of the molecule is C=C[C@H]1[C@H](O[C@@H]2O[C@H](CO)[C@@H](O)C(O)(O)[C@H]2O[C@H](CO)NC)OC=C(C(=O)OC)[C@H]1/C=C\C1=C[NH+](CCO)CC(C(=O)O)=C1NC(N)=NCCCO. The number of quaternary nitrogens is 1. The number of nitrogens with one attached hydrogen (secondary N) is 3. The second-order valence-electron chi connectivity index (χ2n) is 11.9. The average molecular weight is 745 g/mol. The lowest BCUT2D eigenvalue weighted by molar-refractivity contribution is -0.843. The van der Waals surface area contributed by atoms with E-state index in [9.17, 15) is 45.3 Å². The van der Waals surface area contributed by atoms with E-state index >= 15 is 0 Å². The lowest BCUT2D eigenvalue weighted by Gasteiger charge is -2.48. The van der Waals surface area contributed by atoms with Gasteiger partial charge in [0.05, 0.1) is 56.0 Å².